The van der Waals surface area contributed by atoms with Crippen LogP contribution in [0, 0.1) is 5.92 Å². The van der Waals surface area contributed by atoms with Gasteiger partial charge < -0.3 is 11.5 Å². The van der Waals surface area contributed by atoms with E-state index in [0.717, 1.165) is 56.6 Å². The first kappa shape index (κ1) is 23.5. The van der Waals surface area contributed by atoms with E-state index in [0.29, 0.717) is 12.6 Å². The number of rotatable bonds is 4. The minimum absolute atomic E-state index is 0. The van der Waals surface area contributed by atoms with Gasteiger partial charge in [0.15, 0.2) is 0 Å². The second-order valence-electron chi connectivity index (χ2n) is 7.46. The summed E-state index contributed by atoms with van der Waals surface area (Å²) >= 11 is 6.19. The van der Waals surface area contributed by atoms with Crippen LogP contribution < -0.4 is 11.5 Å². The fraction of sp³-hybridized carbons (Fsp3) is 0.632. The number of primary amides is 1. The number of nitrogens with two attached hydrogens (primary N) is 2. The molecule has 1 aromatic rings. The van der Waals surface area contributed by atoms with Crippen molar-refractivity contribution in [3.8, 4) is 0 Å². The number of hydrogen-bond acceptors (Lipinski definition) is 3. The van der Waals surface area contributed by atoms with Crippen LogP contribution in [0.3, 0.4) is 0 Å². The number of hydrogen-bond donors (Lipinski definition) is 2. The molecule has 0 radical (unpaired) electrons. The molecule has 1 saturated heterocycles. The SMILES string of the molecule is Cl.Cl.NC[C@]1(c2cccc(Cl)c2)CC[C@@H](N2CCCC(C(N)=O)C2)CC1. The van der Waals surface area contributed by atoms with Crippen molar-refractivity contribution in [3.63, 3.8) is 0 Å². The van der Waals surface area contributed by atoms with Crippen LogP contribution in [-0.4, -0.2) is 36.5 Å². The highest BCUT2D eigenvalue weighted by Crippen LogP contribution is 2.41. The van der Waals surface area contributed by atoms with Gasteiger partial charge in [0.2, 0.25) is 5.91 Å². The van der Waals surface area contributed by atoms with E-state index in [1.54, 1.807) is 0 Å². The predicted octanol–water partition coefficient (Wildman–Crippen LogP) is 3.52. The molecule has 1 amide bonds. The zero-order chi connectivity index (χ0) is 17.2. The van der Waals surface area contributed by atoms with E-state index < -0.39 is 0 Å². The zero-order valence-corrected chi connectivity index (χ0v) is 17.4. The lowest BCUT2D eigenvalue weighted by molar-refractivity contribution is -0.123. The van der Waals surface area contributed by atoms with Gasteiger partial charge in [-0.2, -0.15) is 0 Å². The highest BCUT2D eigenvalue weighted by Gasteiger charge is 2.38. The lowest BCUT2D eigenvalue weighted by Gasteiger charge is -2.45. The lowest BCUT2D eigenvalue weighted by atomic mass is 9.68. The van der Waals surface area contributed by atoms with E-state index in [1.165, 1.54) is 5.56 Å². The Morgan fingerprint density at radius 3 is 2.50 bits per heavy atom. The molecule has 0 bridgehead atoms. The molecule has 1 saturated carbocycles. The Labute approximate surface area is 173 Å². The molecule has 0 aromatic heterocycles. The molecule has 1 aliphatic heterocycles. The third-order valence-electron chi connectivity index (χ3n) is 6.11. The van der Waals surface area contributed by atoms with Crippen LogP contribution in [0.4, 0.5) is 0 Å². The van der Waals surface area contributed by atoms with Gasteiger partial charge in [-0.15, -0.1) is 24.8 Å². The normalized spacial score (nSPS) is 29.3. The van der Waals surface area contributed by atoms with Crippen LogP contribution in [0.5, 0.6) is 0 Å². The second-order valence-corrected chi connectivity index (χ2v) is 7.90. The van der Waals surface area contributed by atoms with Gasteiger partial charge >= 0.3 is 0 Å². The first-order valence-corrected chi connectivity index (χ1v) is 9.41. The van der Waals surface area contributed by atoms with E-state index in [2.05, 4.69) is 17.0 Å². The van der Waals surface area contributed by atoms with Crippen LogP contribution in [0.2, 0.25) is 5.02 Å². The monoisotopic (exact) mass is 421 g/mol. The smallest absolute Gasteiger partial charge is 0.221 e. The van der Waals surface area contributed by atoms with Crippen molar-refractivity contribution in [1.29, 1.82) is 0 Å². The summed E-state index contributed by atoms with van der Waals surface area (Å²) in [6, 6.07) is 8.70. The molecule has 2 fully saturated rings. The van der Waals surface area contributed by atoms with E-state index in [9.17, 15) is 4.79 Å². The molecular weight excluding hydrogens is 393 g/mol. The Kier molecular flexibility index (Phi) is 9.17. The summed E-state index contributed by atoms with van der Waals surface area (Å²) in [6.45, 7) is 2.57. The number of benzene rings is 1. The van der Waals surface area contributed by atoms with E-state index >= 15 is 0 Å². The van der Waals surface area contributed by atoms with Crippen LogP contribution >= 0.6 is 36.4 Å². The van der Waals surface area contributed by atoms with Crippen molar-refractivity contribution >= 4 is 42.3 Å². The summed E-state index contributed by atoms with van der Waals surface area (Å²) in [5.41, 5.74) is 13.0. The molecule has 3 rings (SSSR count). The Balaban J connectivity index is 0.00000169. The van der Waals surface area contributed by atoms with E-state index in [4.69, 9.17) is 23.1 Å². The fourth-order valence-electron chi connectivity index (χ4n) is 4.52. The van der Waals surface area contributed by atoms with Gasteiger partial charge in [-0.25, -0.2) is 0 Å². The van der Waals surface area contributed by atoms with Crippen molar-refractivity contribution in [3.05, 3.63) is 34.9 Å². The average molecular weight is 423 g/mol. The van der Waals surface area contributed by atoms with Gasteiger partial charge in [-0.3, -0.25) is 9.69 Å². The molecular formula is C19H30Cl3N3O. The maximum Gasteiger partial charge on any atom is 0.221 e. The van der Waals surface area contributed by atoms with Gasteiger partial charge in [0.1, 0.15) is 0 Å². The minimum atomic E-state index is -0.147. The molecule has 26 heavy (non-hydrogen) atoms. The van der Waals surface area contributed by atoms with E-state index in [-0.39, 0.29) is 42.1 Å². The fourth-order valence-corrected chi connectivity index (χ4v) is 4.71. The Bertz CT molecular complexity index is 591. The van der Waals surface area contributed by atoms with Crippen LogP contribution in [-0.2, 0) is 10.2 Å². The number of likely N-dealkylation sites (tertiary alicyclic amines) is 1. The molecule has 4 N–H and O–H groups in total. The van der Waals surface area contributed by atoms with Gasteiger partial charge in [-0.1, -0.05) is 23.7 Å². The van der Waals surface area contributed by atoms with Crippen LogP contribution in [0.1, 0.15) is 44.1 Å². The molecule has 1 atom stereocenters. The number of piperidine rings is 1. The quantitative estimate of drug-likeness (QED) is 0.779. The summed E-state index contributed by atoms with van der Waals surface area (Å²) in [7, 11) is 0. The van der Waals surface area contributed by atoms with Crippen LogP contribution in [0.15, 0.2) is 24.3 Å². The summed E-state index contributed by atoms with van der Waals surface area (Å²) in [5, 5.41) is 0.780. The van der Waals surface area contributed by atoms with E-state index in [1.807, 2.05) is 12.1 Å². The highest BCUT2D eigenvalue weighted by molar-refractivity contribution is 6.30. The minimum Gasteiger partial charge on any atom is -0.369 e. The predicted molar refractivity (Wildman–Crippen MR) is 112 cm³/mol. The molecule has 7 heteroatoms. The van der Waals surface area contributed by atoms with Crippen molar-refractivity contribution in [2.45, 2.75) is 50.0 Å². The third kappa shape index (κ3) is 5.05. The van der Waals surface area contributed by atoms with Crippen molar-refractivity contribution in [1.82, 2.24) is 4.90 Å². The van der Waals surface area contributed by atoms with Gasteiger partial charge in [-0.05, 0) is 62.8 Å². The maximum atomic E-state index is 11.5. The van der Waals surface area contributed by atoms with Gasteiger partial charge in [0.25, 0.3) is 0 Å². The molecule has 1 aliphatic carbocycles. The standard InChI is InChI=1S/C19H28ClN3O.2ClH/c20-16-5-1-4-15(11-16)19(13-21)8-6-17(7-9-19)23-10-2-3-14(12-23)18(22)24;;/h1,4-5,11,14,17H,2-3,6-10,12-13,21H2,(H2,22,24);2*1H/t14?,17-,19+;;. The third-order valence-corrected chi connectivity index (χ3v) is 6.35. The highest BCUT2D eigenvalue weighted by atomic mass is 35.5. The molecule has 1 heterocycles. The maximum absolute atomic E-state index is 11.5. The number of carbonyl (C=O) groups is 1. The molecule has 0 spiro atoms. The Hall–Kier alpha value is -0.520. The number of nitrogens with zero attached hydrogens (tertiary/aromatic N) is 1. The summed E-state index contributed by atoms with van der Waals surface area (Å²) < 4.78 is 0. The lowest BCUT2D eigenvalue weighted by Crippen LogP contribution is -2.50. The first-order chi connectivity index (χ1) is 11.5. The molecule has 1 unspecified atom stereocenters. The summed E-state index contributed by atoms with van der Waals surface area (Å²) in [6.07, 6.45) is 6.40. The van der Waals surface area contributed by atoms with Gasteiger partial charge in [0, 0.05) is 29.6 Å². The Morgan fingerprint density at radius 1 is 1.23 bits per heavy atom. The molecule has 1 aromatic carbocycles. The van der Waals surface area contributed by atoms with Crippen molar-refractivity contribution in [2.75, 3.05) is 19.6 Å². The first-order valence-electron chi connectivity index (χ1n) is 9.03. The second kappa shape index (κ2) is 10.1. The molecule has 2 aliphatic rings. The summed E-state index contributed by atoms with van der Waals surface area (Å²) in [4.78, 5) is 14.0. The molecule has 148 valence electrons. The van der Waals surface area contributed by atoms with Crippen molar-refractivity contribution in [2.24, 2.45) is 17.4 Å². The number of halogens is 3. The van der Waals surface area contributed by atoms with Gasteiger partial charge in [0.05, 0.1) is 5.92 Å². The number of amides is 1. The summed E-state index contributed by atoms with van der Waals surface area (Å²) in [5.74, 6) is -0.126. The zero-order valence-electron chi connectivity index (χ0n) is 15.0. The van der Waals surface area contributed by atoms with Crippen LogP contribution in [0.25, 0.3) is 0 Å². The topological polar surface area (TPSA) is 72.3 Å². The van der Waals surface area contributed by atoms with Crippen molar-refractivity contribution < 1.29 is 4.79 Å². The average Bonchev–Trinajstić information content (AvgIpc) is 2.62. The Morgan fingerprint density at radius 2 is 1.92 bits per heavy atom. The number of carbonyl (C=O) groups excluding carboxylic acids is 1. The largest absolute Gasteiger partial charge is 0.369 e. The molecule has 4 nitrogen and oxygen atoms in total.